The zero-order chi connectivity index (χ0) is 13.2. The quantitative estimate of drug-likeness (QED) is 0.678. The van der Waals surface area contributed by atoms with Crippen molar-refractivity contribution in [2.24, 2.45) is 0 Å². The average molecular weight is 254 g/mol. The standard InChI is InChI=1S/C13H18O5/c1-2-17-12(13(14)15)10-16-8-9-18-11-6-4-3-5-7-11/h3-7,12H,2,8-10H2,1H3,(H,14,15). The van der Waals surface area contributed by atoms with E-state index in [1.54, 1.807) is 6.92 Å². The van der Waals surface area contributed by atoms with Gasteiger partial charge in [0, 0.05) is 6.61 Å². The molecule has 0 fully saturated rings. The second-order valence-corrected chi connectivity index (χ2v) is 3.52. The lowest BCUT2D eigenvalue weighted by molar-refractivity contribution is -0.154. The highest BCUT2D eigenvalue weighted by Crippen LogP contribution is 2.07. The van der Waals surface area contributed by atoms with E-state index in [0.29, 0.717) is 19.8 Å². The van der Waals surface area contributed by atoms with Gasteiger partial charge in [-0.05, 0) is 19.1 Å². The van der Waals surface area contributed by atoms with Crippen molar-refractivity contribution in [3.63, 3.8) is 0 Å². The normalized spacial score (nSPS) is 12.1. The average Bonchev–Trinajstić information content (AvgIpc) is 2.38. The van der Waals surface area contributed by atoms with Crippen molar-refractivity contribution >= 4 is 5.97 Å². The van der Waals surface area contributed by atoms with Gasteiger partial charge in [-0.3, -0.25) is 0 Å². The second-order valence-electron chi connectivity index (χ2n) is 3.52. The van der Waals surface area contributed by atoms with Crippen LogP contribution in [-0.4, -0.2) is 43.6 Å². The number of ether oxygens (including phenoxy) is 3. The van der Waals surface area contributed by atoms with Crippen LogP contribution in [0.2, 0.25) is 0 Å². The highest BCUT2D eigenvalue weighted by Gasteiger charge is 2.17. The molecule has 0 heterocycles. The van der Waals surface area contributed by atoms with E-state index in [-0.39, 0.29) is 6.61 Å². The molecule has 1 aromatic carbocycles. The molecule has 0 aliphatic carbocycles. The minimum absolute atomic E-state index is 0.0291. The summed E-state index contributed by atoms with van der Waals surface area (Å²) in [6, 6.07) is 9.36. The van der Waals surface area contributed by atoms with E-state index < -0.39 is 12.1 Å². The van der Waals surface area contributed by atoms with Crippen LogP contribution in [0.15, 0.2) is 30.3 Å². The number of benzene rings is 1. The third-order valence-electron chi connectivity index (χ3n) is 2.15. The molecule has 0 bridgehead atoms. The summed E-state index contributed by atoms with van der Waals surface area (Å²) in [6.45, 7) is 2.82. The van der Waals surface area contributed by atoms with Crippen molar-refractivity contribution in [3.05, 3.63) is 30.3 Å². The van der Waals surface area contributed by atoms with E-state index >= 15 is 0 Å². The van der Waals surface area contributed by atoms with E-state index in [1.165, 1.54) is 0 Å². The Morgan fingerprint density at radius 3 is 2.61 bits per heavy atom. The number of hydrogen-bond acceptors (Lipinski definition) is 4. The molecule has 0 radical (unpaired) electrons. The molecule has 0 aromatic heterocycles. The lowest BCUT2D eigenvalue weighted by atomic mass is 10.3. The van der Waals surface area contributed by atoms with Crippen LogP contribution in [0.3, 0.4) is 0 Å². The zero-order valence-electron chi connectivity index (χ0n) is 10.4. The van der Waals surface area contributed by atoms with Gasteiger partial charge >= 0.3 is 5.97 Å². The van der Waals surface area contributed by atoms with Crippen molar-refractivity contribution in [3.8, 4) is 5.75 Å². The molecule has 0 amide bonds. The highest BCUT2D eigenvalue weighted by molar-refractivity contribution is 5.72. The Morgan fingerprint density at radius 1 is 1.28 bits per heavy atom. The van der Waals surface area contributed by atoms with Gasteiger partial charge in [0.25, 0.3) is 0 Å². The largest absolute Gasteiger partial charge is 0.491 e. The summed E-state index contributed by atoms with van der Waals surface area (Å²) in [4.78, 5) is 10.7. The van der Waals surface area contributed by atoms with Gasteiger partial charge in [-0.25, -0.2) is 4.79 Å². The fourth-order valence-corrected chi connectivity index (χ4v) is 1.32. The highest BCUT2D eigenvalue weighted by atomic mass is 16.6. The van der Waals surface area contributed by atoms with Crippen LogP contribution < -0.4 is 4.74 Å². The van der Waals surface area contributed by atoms with Crippen LogP contribution in [0.4, 0.5) is 0 Å². The van der Waals surface area contributed by atoms with Crippen LogP contribution in [0.25, 0.3) is 0 Å². The molecule has 5 heteroatoms. The molecule has 100 valence electrons. The molecule has 1 rings (SSSR count). The fourth-order valence-electron chi connectivity index (χ4n) is 1.32. The molecule has 0 saturated heterocycles. The van der Waals surface area contributed by atoms with E-state index in [1.807, 2.05) is 30.3 Å². The van der Waals surface area contributed by atoms with Gasteiger partial charge in [-0.1, -0.05) is 18.2 Å². The molecule has 0 spiro atoms. The maximum atomic E-state index is 10.7. The minimum Gasteiger partial charge on any atom is -0.491 e. The molecule has 0 saturated carbocycles. The minimum atomic E-state index is -1.01. The lowest BCUT2D eigenvalue weighted by Gasteiger charge is -2.12. The first-order valence-corrected chi connectivity index (χ1v) is 5.84. The van der Waals surface area contributed by atoms with E-state index in [4.69, 9.17) is 19.3 Å². The zero-order valence-corrected chi connectivity index (χ0v) is 10.4. The van der Waals surface area contributed by atoms with Crippen molar-refractivity contribution in [2.45, 2.75) is 13.0 Å². The van der Waals surface area contributed by atoms with Gasteiger partial charge in [0.05, 0.1) is 13.2 Å². The summed E-state index contributed by atoms with van der Waals surface area (Å²) < 4.78 is 15.6. The molecule has 1 aromatic rings. The molecule has 0 aliphatic heterocycles. The van der Waals surface area contributed by atoms with E-state index in [9.17, 15) is 4.79 Å². The van der Waals surface area contributed by atoms with Gasteiger partial charge in [-0.2, -0.15) is 0 Å². The Labute approximate surface area is 106 Å². The first-order valence-electron chi connectivity index (χ1n) is 5.84. The number of carboxylic acids is 1. The van der Waals surface area contributed by atoms with Crippen LogP contribution in [-0.2, 0) is 14.3 Å². The Morgan fingerprint density at radius 2 is 2.00 bits per heavy atom. The van der Waals surface area contributed by atoms with Crippen LogP contribution in [0, 0.1) is 0 Å². The lowest BCUT2D eigenvalue weighted by Crippen LogP contribution is -2.29. The van der Waals surface area contributed by atoms with Crippen LogP contribution in [0.5, 0.6) is 5.75 Å². The van der Waals surface area contributed by atoms with Gasteiger partial charge in [0.1, 0.15) is 12.4 Å². The van der Waals surface area contributed by atoms with Gasteiger partial charge in [0.15, 0.2) is 6.10 Å². The third kappa shape index (κ3) is 5.65. The van der Waals surface area contributed by atoms with Gasteiger partial charge < -0.3 is 19.3 Å². The predicted molar refractivity (Wildman–Crippen MR) is 65.8 cm³/mol. The predicted octanol–water partition coefficient (Wildman–Crippen LogP) is 1.57. The van der Waals surface area contributed by atoms with Crippen LogP contribution >= 0.6 is 0 Å². The SMILES string of the molecule is CCOC(COCCOc1ccccc1)C(=O)O. The van der Waals surface area contributed by atoms with Crippen LogP contribution in [0.1, 0.15) is 6.92 Å². The third-order valence-corrected chi connectivity index (χ3v) is 2.15. The summed E-state index contributed by atoms with van der Waals surface area (Å²) in [5.41, 5.74) is 0. The fraction of sp³-hybridized carbons (Fsp3) is 0.462. The monoisotopic (exact) mass is 254 g/mol. The number of carbonyl (C=O) groups is 1. The van der Waals surface area contributed by atoms with Gasteiger partial charge in [0.2, 0.25) is 0 Å². The van der Waals surface area contributed by atoms with E-state index in [2.05, 4.69) is 0 Å². The first kappa shape index (κ1) is 14.5. The maximum Gasteiger partial charge on any atom is 0.335 e. The number of hydrogen-bond donors (Lipinski definition) is 1. The molecule has 5 nitrogen and oxygen atoms in total. The number of carboxylic acid groups (broad SMARTS) is 1. The molecule has 1 atom stereocenters. The molecular formula is C13H18O5. The summed E-state index contributed by atoms with van der Waals surface area (Å²) in [5.74, 6) is -0.249. The number of rotatable bonds is 9. The summed E-state index contributed by atoms with van der Waals surface area (Å²) in [7, 11) is 0. The van der Waals surface area contributed by atoms with Crippen molar-refractivity contribution in [2.75, 3.05) is 26.4 Å². The van der Waals surface area contributed by atoms with Gasteiger partial charge in [-0.15, -0.1) is 0 Å². The molecular weight excluding hydrogens is 236 g/mol. The smallest absolute Gasteiger partial charge is 0.335 e. The van der Waals surface area contributed by atoms with Crippen molar-refractivity contribution < 1.29 is 24.1 Å². The van der Waals surface area contributed by atoms with E-state index in [0.717, 1.165) is 5.75 Å². The Kier molecular flexibility index (Phi) is 6.83. The molecule has 1 N–H and O–H groups in total. The Hall–Kier alpha value is -1.59. The van der Waals surface area contributed by atoms with Crippen molar-refractivity contribution in [1.82, 2.24) is 0 Å². The maximum absolute atomic E-state index is 10.7. The molecule has 1 unspecified atom stereocenters. The number of aliphatic carboxylic acids is 1. The van der Waals surface area contributed by atoms with Crippen molar-refractivity contribution in [1.29, 1.82) is 0 Å². The first-order chi connectivity index (χ1) is 8.74. The molecule has 18 heavy (non-hydrogen) atoms. The summed E-state index contributed by atoms with van der Waals surface area (Å²) in [6.07, 6.45) is -0.910. The summed E-state index contributed by atoms with van der Waals surface area (Å²) in [5, 5.41) is 8.80. The second kappa shape index (κ2) is 8.49. The Bertz CT molecular complexity index is 338. The Balaban J connectivity index is 2.12. The molecule has 0 aliphatic rings. The topological polar surface area (TPSA) is 65.0 Å². The number of para-hydroxylation sites is 1. The summed E-state index contributed by atoms with van der Waals surface area (Å²) >= 11 is 0.